The quantitative estimate of drug-likeness (QED) is 0.635. The van der Waals surface area contributed by atoms with E-state index in [0.29, 0.717) is 11.4 Å². The van der Waals surface area contributed by atoms with Crippen LogP contribution in [0.25, 0.3) is 0 Å². The Morgan fingerprint density at radius 1 is 0.897 bits per heavy atom. The number of carbonyl (C=O) groups excluding carboxylic acids is 2. The molecule has 1 amide bonds. The van der Waals surface area contributed by atoms with Crippen molar-refractivity contribution in [3.05, 3.63) is 76.5 Å². The van der Waals surface area contributed by atoms with Gasteiger partial charge in [0.25, 0.3) is 5.91 Å². The largest absolute Gasteiger partial charge is 0.465 e. The molecule has 0 atom stereocenters. The Bertz CT molecular complexity index is 1020. The molecule has 7 nitrogen and oxygen atoms in total. The molecule has 7 heteroatoms. The fraction of sp³-hybridized carbons (Fsp3) is 0.182. The lowest BCUT2D eigenvalue weighted by Gasteiger charge is -2.12. The fourth-order valence-corrected chi connectivity index (χ4v) is 3.03. The Morgan fingerprint density at radius 2 is 1.55 bits per heavy atom. The third kappa shape index (κ3) is 4.76. The molecule has 29 heavy (non-hydrogen) atoms. The van der Waals surface area contributed by atoms with E-state index in [1.807, 2.05) is 32.9 Å². The first-order valence-corrected chi connectivity index (χ1v) is 9.05. The number of hydrogen-bond donors (Lipinski definition) is 2. The van der Waals surface area contributed by atoms with Crippen LogP contribution in [0, 0.1) is 20.8 Å². The highest BCUT2D eigenvalue weighted by molar-refractivity contribution is 6.03. The van der Waals surface area contributed by atoms with Gasteiger partial charge in [-0.05, 0) is 68.3 Å². The summed E-state index contributed by atoms with van der Waals surface area (Å²) in [6.07, 6.45) is 0. The first-order chi connectivity index (χ1) is 13.9. The maximum atomic E-state index is 12.5. The van der Waals surface area contributed by atoms with Crippen molar-refractivity contribution in [2.24, 2.45) is 0 Å². The van der Waals surface area contributed by atoms with E-state index in [0.717, 1.165) is 28.1 Å². The minimum atomic E-state index is -0.397. The first-order valence-electron chi connectivity index (χ1n) is 9.05. The van der Waals surface area contributed by atoms with Crippen molar-refractivity contribution in [1.29, 1.82) is 0 Å². The van der Waals surface area contributed by atoms with Gasteiger partial charge in [-0.2, -0.15) is 0 Å². The summed E-state index contributed by atoms with van der Waals surface area (Å²) in [7, 11) is 1.34. The molecule has 3 aromatic rings. The summed E-state index contributed by atoms with van der Waals surface area (Å²) in [6.45, 7) is 5.94. The summed E-state index contributed by atoms with van der Waals surface area (Å²) in [4.78, 5) is 24.0. The summed E-state index contributed by atoms with van der Waals surface area (Å²) < 4.78 is 4.67. The molecule has 0 bridgehead atoms. The van der Waals surface area contributed by atoms with Crippen molar-refractivity contribution < 1.29 is 14.3 Å². The van der Waals surface area contributed by atoms with Crippen LogP contribution in [0.1, 0.15) is 37.5 Å². The lowest BCUT2D eigenvalue weighted by molar-refractivity contribution is 0.0600. The standard InChI is InChI=1S/C22H22N4O3/c1-13-11-14(2)20(15(3)12-13)24-21(27)18-9-10-19(26-25-18)23-17-7-5-16(6-8-17)22(28)29-4/h5-12H,1-4H3,(H,23,26)(H,24,27). The number of nitrogens with zero attached hydrogens (tertiary/aromatic N) is 2. The summed E-state index contributed by atoms with van der Waals surface area (Å²) in [6, 6.07) is 14.1. The lowest BCUT2D eigenvalue weighted by atomic mass is 10.1. The summed E-state index contributed by atoms with van der Waals surface area (Å²) in [5.74, 6) is -0.234. The van der Waals surface area contributed by atoms with Crippen LogP contribution >= 0.6 is 0 Å². The van der Waals surface area contributed by atoms with Crippen LogP contribution in [0.3, 0.4) is 0 Å². The van der Waals surface area contributed by atoms with E-state index < -0.39 is 5.97 Å². The van der Waals surface area contributed by atoms with Crippen LogP contribution in [0.2, 0.25) is 0 Å². The summed E-state index contributed by atoms with van der Waals surface area (Å²) in [5, 5.41) is 14.0. The van der Waals surface area contributed by atoms with Gasteiger partial charge in [0.1, 0.15) is 0 Å². The molecule has 0 spiro atoms. The number of aromatic nitrogens is 2. The molecule has 0 aliphatic rings. The van der Waals surface area contributed by atoms with Gasteiger partial charge >= 0.3 is 5.97 Å². The van der Waals surface area contributed by atoms with Crippen LogP contribution in [-0.2, 0) is 4.74 Å². The van der Waals surface area contributed by atoms with Gasteiger partial charge in [0.05, 0.1) is 12.7 Å². The Hall–Kier alpha value is -3.74. The Labute approximate surface area is 169 Å². The number of hydrogen-bond acceptors (Lipinski definition) is 6. The zero-order valence-electron chi connectivity index (χ0n) is 16.7. The monoisotopic (exact) mass is 390 g/mol. The van der Waals surface area contributed by atoms with Gasteiger partial charge in [0.2, 0.25) is 0 Å². The van der Waals surface area contributed by atoms with Crippen LogP contribution < -0.4 is 10.6 Å². The average molecular weight is 390 g/mol. The van der Waals surface area contributed by atoms with Gasteiger partial charge in [0.15, 0.2) is 11.5 Å². The second-order valence-corrected chi connectivity index (χ2v) is 6.73. The van der Waals surface area contributed by atoms with Gasteiger partial charge in [-0.25, -0.2) is 4.79 Å². The van der Waals surface area contributed by atoms with E-state index in [1.54, 1.807) is 36.4 Å². The molecule has 2 N–H and O–H groups in total. The molecule has 0 aliphatic carbocycles. The SMILES string of the molecule is COC(=O)c1ccc(Nc2ccc(C(=O)Nc3c(C)cc(C)cc3C)nn2)cc1. The number of ether oxygens (including phenoxy) is 1. The number of amides is 1. The first kappa shape index (κ1) is 20.0. The van der Waals surface area contributed by atoms with Gasteiger partial charge in [-0.3, -0.25) is 4.79 Å². The van der Waals surface area contributed by atoms with Gasteiger partial charge in [0, 0.05) is 11.4 Å². The third-order valence-electron chi connectivity index (χ3n) is 4.39. The lowest BCUT2D eigenvalue weighted by Crippen LogP contribution is -2.16. The number of aryl methyl sites for hydroxylation is 3. The summed E-state index contributed by atoms with van der Waals surface area (Å²) >= 11 is 0. The predicted molar refractivity (Wildman–Crippen MR) is 112 cm³/mol. The minimum Gasteiger partial charge on any atom is -0.465 e. The van der Waals surface area contributed by atoms with E-state index in [-0.39, 0.29) is 11.6 Å². The van der Waals surface area contributed by atoms with Gasteiger partial charge < -0.3 is 15.4 Å². The number of carbonyl (C=O) groups is 2. The minimum absolute atomic E-state index is 0.218. The Balaban J connectivity index is 1.68. The third-order valence-corrected chi connectivity index (χ3v) is 4.39. The molecular weight excluding hydrogens is 368 g/mol. The number of benzene rings is 2. The highest BCUT2D eigenvalue weighted by atomic mass is 16.5. The average Bonchev–Trinajstić information content (AvgIpc) is 2.71. The summed E-state index contributed by atoms with van der Waals surface area (Å²) in [5.41, 5.74) is 5.34. The van der Waals surface area contributed by atoms with E-state index in [1.165, 1.54) is 7.11 Å². The molecule has 2 aromatic carbocycles. The van der Waals surface area contributed by atoms with Crippen molar-refractivity contribution in [3.8, 4) is 0 Å². The van der Waals surface area contributed by atoms with Gasteiger partial charge in [-0.15, -0.1) is 10.2 Å². The normalized spacial score (nSPS) is 10.3. The number of rotatable bonds is 5. The van der Waals surface area contributed by atoms with E-state index in [4.69, 9.17) is 0 Å². The molecule has 0 saturated heterocycles. The van der Waals surface area contributed by atoms with Crippen molar-refractivity contribution >= 4 is 29.1 Å². The molecule has 3 rings (SSSR count). The van der Waals surface area contributed by atoms with Crippen molar-refractivity contribution in [2.45, 2.75) is 20.8 Å². The molecule has 0 aliphatic heterocycles. The molecule has 148 valence electrons. The second kappa shape index (κ2) is 8.52. The molecule has 1 heterocycles. The van der Waals surface area contributed by atoms with Crippen molar-refractivity contribution in [2.75, 3.05) is 17.7 Å². The number of anilines is 3. The smallest absolute Gasteiger partial charge is 0.337 e. The molecule has 0 unspecified atom stereocenters. The van der Waals surface area contributed by atoms with E-state index in [2.05, 4.69) is 25.6 Å². The highest BCUT2D eigenvalue weighted by Crippen LogP contribution is 2.22. The van der Waals surface area contributed by atoms with E-state index in [9.17, 15) is 9.59 Å². The molecule has 0 saturated carbocycles. The van der Waals surface area contributed by atoms with E-state index >= 15 is 0 Å². The number of methoxy groups -OCH3 is 1. The highest BCUT2D eigenvalue weighted by Gasteiger charge is 2.12. The van der Waals surface area contributed by atoms with Crippen LogP contribution in [-0.4, -0.2) is 29.2 Å². The Morgan fingerprint density at radius 3 is 2.10 bits per heavy atom. The second-order valence-electron chi connectivity index (χ2n) is 6.73. The zero-order valence-corrected chi connectivity index (χ0v) is 16.7. The zero-order chi connectivity index (χ0) is 21.0. The predicted octanol–water partition coefficient (Wildman–Crippen LogP) is 4.18. The number of nitrogens with one attached hydrogen (secondary N) is 2. The van der Waals surface area contributed by atoms with Crippen LogP contribution in [0.5, 0.6) is 0 Å². The van der Waals surface area contributed by atoms with Crippen molar-refractivity contribution in [1.82, 2.24) is 10.2 Å². The van der Waals surface area contributed by atoms with Crippen LogP contribution in [0.4, 0.5) is 17.2 Å². The van der Waals surface area contributed by atoms with Gasteiger partial charge in [-0.1, -0.05) is 17.7 Å². The molecule has 0 radical (unpaired) electrons. The molecule has 0 fully saturated rings. The topological polar surface area (TPSA) is 93.2 Å². The van der Waals surface area contributed by atoms with Crippen LogP contribution in [0.15, 0.2) is 48.5 Å². The molecular formula is C22H22N4O3. The maximum Gasteiger partial charge on any atom is 0.337 e. The number of esters is 1. The van der Waals surface area contributed by atoms with Crippen molar-refractivity contribution in [3.63, 3.8) is 0 Å². The molecule has 1 aromatic heterocycles. The maximum absolute atomic E-state index is 12.5. The Kier molecular flexibility index (Phi) is 5.87. The fourth-order valence-electron chi connectivity index (χ4n) is 3.03.